The lowest BCUT2D eigenvalue weighted by Crippen LogP contribution is -2.48. The van der Waals surface area contributed by atoms with Gasteiger partial charge in [-0.2, -0.15) is 0 Å². The summed E-state index contributed by atoms with van der Waals surface area (Å²) in [6.45, 7) is 4.34. The molecule has 7 heteroatoms. The zero-order valence-electron chi connectivity index (χ0n) is 12.1. The molecule has 21 heavy (non-hydrogen) atoms. The Hall–Kier alpha value is -1.34. The third-order valence-electron chi connectivity index (χ3n) is 3.33. The average molecular weight is 373 g/mol. The van der Waals surface area contributed by atoms with Crippen LogP contribution < -0.4 is 5.32 Å². The summed E-state index contributed by atoms with van der Waals surface area (Å²) < 4.78 is 5.85. The van der Waals surface area contributed by atoms with Crippen molar-refractivity contribution in [3.8, 4) is 0 Å². The van der Waals surface area contributed by atoms with Crippen molar-refractivity contribution < 1.29 is 14.3 Å². The molecule has 0 unspecified atom stereocenters. The second-order valence-corrected chi connectivity index (χ2v) is 7.16. The number of allylic oxidation sites excluding steroid dienone is 1. The lowest BCUT2D eigenvalue weighted by molar-refractivity contribution is -0.136. The lowest BCUT2D eigenvalue weighted by atomic mass is 10.0. The number of esters is 1. The number of carbonyl (C=O) groups excluding carboxylic acids is 2. The monoisotopic (exact) mass is 372 g/mol. The summed E-state index contributed by atoms with van der Waals surface area (Å²) in [6.07, 6.45) is 0.814. The van der Waals surface area contributed by atoms with E-state index in [0.29, 0.717) is 17.8 Å². The second kappa shape index (κ2) is 6.62. The Morgan fingerprint density at radius 1 is 1.52 bits per heavy atom. The van der Waals surface area contributed by atoms with E-state index in [9.17, 15) is 9.59 Å². The largest absolute Gasteiger partial charge is 0.466 e. The maximum atomic E-state index is 12.3. The van der Waals surface area contributed by atoms with Crippen LogP contribution in [0, 0.1) is 0 Å². The number of amides is 2. The van der Waals surface area contributed by atoms with Gasteiger partial charge in [0.05, 0.1) is 22.5 Å². The van der Waals surface area contributed by atoms with Gasteiger partial charge in [-0.1, -0.05) is 6.92 Å². The van der Waals surface area contributed by atoms with Crippen LogP contribution in [-0.2, 0) is 9.53 Å². The first-order valence-electron chi connectivity index (χ1n) is 6.62. The minimum Gasteiger partial charge on any atom is -0.466 e. The molecule has 2 heterocycles. The van der Waals surface area contributed by atoms with Gasteiger partial charge in [-0.25, -0.2) is 9.59 Å². The molecule has 2 rings (SSSR count). The predicted molar refractivity (Wildman–Crippen MR) is 85.0 cm³/mol. The smallest absolute Gasteiger partial charge is 0.338 e. The van der Waals surface area contributed by atoms with Crippen LogP contribution in [0.3, 0.4) is 0 Å². The molecule has 0 radical (unpaired) electrons. The van der Waals surface area contributed by atoms with Gasteiger partial charge in [0.1, 0.15) is 0 Å². The summed E-state index contributed by atoms with van der Waals surface area (Å²) in [6, 6.07) is 3.14. The summed E-state index contributed by atoms with van der Waals surface area (Å²) in [7, 11) is 1.35. The Labute approximate surface area is 136 Å². The van der Waals surface area contributed by atoms with Crippen LogP contribution in [0.2, 0.25) is 0 Å². The lowest BCUT2D eigenvalue weighted by Gasteiger charge is -2.34. The van der Waals surface area contributed by atoms with Crippen molar-refractivity contribution in [2.75, 3.05) is 13.7 Å². The Kier molecular flexibility index (Phi) is 5.05. The molecule has 0 saturated carbocycles. The molecule has 1 atom stereocenters. The van der Waals surface area contributed by atoms with E-state index in [-0.39, 0.29) is 6.03 Å². The molecule has 0 fully saturated rings. The first-order chi connectivity index (χ1) is 9.99. The quantitative estimate of drug-likeness (QED) is 0.823. The molecule has 0 bridgehead atoms. The number of hydrogen-bond donors (Lipinski definition) is 1. The minimum absolute atomic E-state index is 0.184. The third kappa shape index (κ3) is 3.13. The van der Waals surface area contributed by atoms with Gasteiger partial charge in [0.25, 0.3) is 0 Å². The fourth-order valence-electron chi connectivity index (χ4n) is 2.35. The summed E-state index contributed by atoms with van der Waals surface area (Å²) in [4.78, 5) is 26.9. The topological polar surface area (TPSA) is 58.6 Å². The van der Waals surface area contributed by atoms with Crippen molar-refractivity contribution >= 4 is 39.3 Å². The zero-order valence-corrected chi connectivity index (χ0v) is 14.5. The molecule has 0 saturated heterocycles. The zero-order chi connectivity index (χ0) is 15.6. The first kappa shape index (κ1) is 16.0. The minimum atomic E-state index is -0.464. The van der Waals surface area contributed by atoms with Crippen molar-refractivity contribution in [3.05, 3.63) is 32.1 Å². The van der Waals surface area contributed by atoms with Gasteiger partial charge in [0, 0.05) is 17.1 Å². The molecule has 1 N–H and O–H groups in total. The van der Waals surface area contributed by atoms with Crippen molar-refractivity contribution in [3.63, 3.8) is 0 Å². The van der Waals surface area contributed by atoms with E-state index >= 15 is 0 Å². The molecule has 0 aliphatic carbocycles. The molecule has 0 aromatic carbocycles. The van der Waals surface area contributed by atoms with Crippen LogP contribution >= 0.6 is 27.3 Å². The Morgan fingerprint density at radius 3 is 2.76 bits per heavy atom. The number of ether oxygens (including phenoxy) is 1. The number of carbonyl (C=O) groups is 2. The summed E-state index contributed by atoms with van der Waals surface area (Å²) in [5.74, 6) is -0.414. The van der Waals surface area contributed by atoms with Gasteiger partial charge < -0.3 is 10.1 Å². The maximum Gasteiger partial charge on any atom is 0.338 e. The van der Waals surface area contributed by atoms with Gasteiger partial charge in [0.15, 0.2) is 0 Å². The summed E-state index contributed by atoms with van der Waals surface area (Å²) >= 11 is 4.89. The van der Waals surface area contributed by atoms with Crippen molar-refractivity contribution in [2.24, 2.45) is 0 Å². The van der Waals surface area contributed by atoms with E-state index in [1.54, 1.807) is 11.8 Å². The number of nitrogens with one attached hydrogen (secondary N) is 1. The van der Waals surface area contributed by atoms with Crippen LogP contribution in [0.1, 0.15) is 31.2 Å². The molecule has 114 valence electrons. The number of urea groups is 1. The van der Waals surface area contributed by atoms with Gasteiger partial charge in [-0.3, -0.25) is 4.90 Å². The van der Waals surface area contributed by atoms with Crippen LogP contribution in [0.25, 0.3) is 0 Å². The molecule has 1 aliphatic rings. The number of rotatable bonds is 4. The second-order valence-electron chi connectivity index (χ2n) is 4.67. The average Bonchev–Trinajstić information content (AvgIpc) is 2.88. The van der Waals surface area contributed by atoms with Crippen LogP contribution in [0.4, 0.5) is 4.79 Å². The molecule has 0 spiro atoms. The molecule has 1 aliphatic heterocycles. The number of methoxy groups -OCH3 is 1. The highest BCUT2D eigenvalue weighted by atomic mass is 79.9. The molecular weight excluding hydrogens is 356 g/mol. The number of halogens is 1. The SMILES string of the molecule is CCCN1C(=O)N[C@@H](c2ccc(Br)s2)C(C(=O)OC)=C1C. The summed E-state index contributed by atoms with van der Waals surface area (Å²) in [5.41, 5.74) is 1.14. The van der Waals surface area contributed by atoms with Crippen molar-refractivity contribution in [2.45, 2.75) is 26.3 Å². The number of thiophene rings is 1. The van der Waals surface area contributed by atoms with Crippen LogP contribution in [0.15, 0.2) is 27.2 Å². The van der Waals surface area contributed by atoms with Gasteiger partial charge in [-0.05, 0) is 41.4 Å². The van der Waals surface area contributed by atoms with Crippen molar-refractivity contribution in [1.29, 1.82) is 0 Å². The van der Waals surface area contributed by atoms with Gasteiger partial charge in [-0.15, -0.1) is 11.3 Å². The van der Waals surface area contributed by atoms with E-state index in [4.69, 9.17) is 4.74 Å². The first-order valence-corrected chi connectivity index (χ1v) is 8.22. The highest BCUT2D eigenvalue weighted by Crippen LogP contribution is 2.36. The summed E-state index contributed by atoms with van der Waals surface area (Å²) in [5, 5.41) is 2.89. The maximum absolute atomic E-state index is 12.3. The number of hydrogen-bond acceptors (Lipinski definition) is 4. The fraction of sp³-hybridized carbons (Fsp3) is 0.429. The molecule has 5 nitrogen and oxygen atoms in total. The molecular formula is C14H17BrN2O3S. The standard InChI is InChI=1S/C14H17BrN2O3S/c1-4-7-17-8(2)11(13(18)20-3)12(16-14(17)19)9-5-6-10(15)21-9/h5-6,12H,4,7H2,1-3H3,(H,16,19)/t12-/m0/s1. The van der Waals surface area contributed by atoms with E-state index in [2.05, 4.69) is 21.2 Å². The Bertz CT molecular complexity index is 597. The van der Waals surface area contributed by atoms with E-state index in [0.717, 1.165) is 15.1 Å². The molecule has 1 aromatic heterocycles. The Balaban J connectivity index is 2.49. The third-order valence-corrected chi connectivity index (χ3v) is 5.02. The molecule has 1 aromatic rings. The van der Waals surface area contributed by atoms with E-state index in [1.807, 2.05) is 19.1 Å². The Morgan fingerprint density at radius 2 is 2.24 bits per heavy atom. The normalized spacial score (nSPS) is 18.8. The van der Waals surface area contributed by atoms with Gasteiger partial charge in [0.2, 0.25) is 0 Å². The molecule has 2 amide bonds. The van der Waals surface area contributed by atoms with Crippen LogP contribution in [-0.4, -0.2) is 30.6 Å². The van der Waals surface area contributed by atoms with Crippen LogP contribution in [0.5, 0.6) is 0 Å². The van der Waals surface area contributed by atoms with E-state index < -0.39 is 12.0 Å². The van der Waals surface area contributed by atoms with E-state index in [1.165, 1.54) is 18.4 Å². The highest BCUT2D eigenvalue weighted by Gasteiger charge is 2.36. The van der Waals surface area contributed by atoms with Crippen molar-refractivity contribution in [1.82, 2.24) is 10.2 Å². The fourth-order valence-corrected chi connectivity index (χ4v) is 3.83. The van der Waals surface area contributed by atoms with Gasteiger partial charge >= 0.3 is 12.0 Å². The highest BCUT2D eigenvalue weighted by molar-refractivity contribution is 9.11. The predicted octanol–water partition coefficient (Wildman–Crippen LogP) is 3.43. The number of nitrogens with zero attached hydrogens (tertiary/aromatic N) is 1.